The van der Waals surface area contributed by atoms with Crippen molar-refractivity contribution in [2.45, 2.75) is 40.0 Å². The van der Waals surface area contributed by atoms with Gasteiger partial charge in [-0.05, 0) is 30.9 Å². The number of nitrogens with zero attached hydrogens (tertiary/aromatic N) is 3. The third-order valence-electron chi connectivity index (χ3n) is 3.38. The number of hydrogen-bond acceptors (Lipinski definition) is 5. The van der Waals surface area contributed by atoms with Gasteiger partial charge < -0.3 is 5.43 Å². The van der Waals surface area contributed by atoms with Crippen LogP contribution in [-0.4, -0.2) is 15.0 Å². The Morgan fingerprint density at radius 1 is 1.30 bits per heavy atom. The largest absolute Gasteiger partial charge is 0.308 e. The minimum atomic E-state index is 0.318. The molecule has 106 valence electrons. The fourth-order valence-corrected chi connectivity index (χ4v) is 2.43. The van der Waals surface area contributed by atoms with Gasteiger partial charge in [0.15, 0.2) is 5.82 Å². The molecular weight excluding hydrogens is 250 g/mol. The fraction of sp³-hybridized carbons (Fsp3) is 0.400. The van der Waals surface area contributed by atoms with Crippen molar-refractivity contribution < 1.29 is 0 Å². The summed E-state index contributed by atoms with van der Waals surface area (Å²) in [6.45, 7) is 8.30. The van der Waals surface area contributed by atoms with Gasteiger partial charge in [0, 0.05) is 29.2 Å². The van der Waals surface area contributed by atoms with Gasteiger partial charge in [-0.25, -0.2) is 15.8 Å². The first-order chi connectivity index (χ1) is 9.58. The Bertz CT molecular complexity index is 607. The molecule has 0 aliphatic heterocycles. The van der Waals surface area contributed by atoms with Gasteiger partial charge in [-0.1, -0.05) is 20.8 Å². The fourth-order valence-electron chi connectivity index (χ4n) is 2.43. The highest BCUT2D eigenvalue weighted by Gasteiger charge is 2.16. The molecule has 0 bridgehead atoms. The van der Waals surface area contributed by atoms with Crippen LogP contribution in [0.3, 0.4) is 0 Å². The molecule has 0 atom stereocenters. The minimum Gasteiger partial charge on any atom is -0.308 e. The lowest BCUT2D eigenvalue weighted by atomic mass is 10.0. The van der Waals surface area contributed by atoms with Crippen molar-refractivity contribution in [1.82, 2.24) is 15.0 Å². The Labute approximate surface area is 119 Å². The number of anilines is 1. The molecule has 0 aromatic carbocycles. The summed E-state index contributed by atoms with van der Waals surface area (Å²) in [7, 11) is 0. The molecule has 0 fully saturated rings. The van der Waals surface area contributed by atoms with Gasteiger partial charge in [-0.15, -0.1) is 0 Å². The number of nitrogens with two attached hydrogens (primary N) is 1. The van der Waals surface area contributed by atoms with Crippen molar-refractivity contribution in [3.05, 3.63) is 35.3 Å². The molecule has 5 heteroatoms. The Balaban J connectivity index is 2.62. The number of aryl methyl sites for hydroxylation is 2. The number of hydrazine groups is 1. The maximum atomic E-state index is 5.62. The van der Waals surface area contributed by atoms with Crippen LogP contribution in [0.15, 0.2) is 18.5 Å². The van der Waals surface area contributed by atoms with Crippen molar-refractivity contribution in [3.8, 4) is 11.4 Å². The van der Waals surface area contributed by atoms with E-state index in [0.717, 1.165) is 28.8 Å². The third-order valence-corrected chi connectivity index (χ3v) is 3.38. The van der Waals surface area contributed by atoms with Gasteiger partial charge in [0.25, 0.3) is 0 Å². The first kappa shape index (κ1) is 14.4. The summed E-state index contributed by atoms with van der Waals surface area (Å²) in [6, 6.07) is 1.95. The molecule has 0 spiro atoms. The Morgan fingerprint density at radius 2 is 2.05 bits per heavy atom. The number of aromatic nitrogens is 3. The Kier molecular flexibility index (Phi) is 4.29. The summed E-state index contributed by atoms with van der Waals surface area (Å²) in [4.78, 5) is 13.4. The molecule has 0 radical (unpaired) electrons. The average Bonchev–Trinajstić information content (AvgIpc) is 2.45. The van der Waals surface area contributed by atoms with Gasteiger partial charge in [0.1, 0.15) is 5.82 Å². The molecule has 2 heterocycles. The lowest BCUT2D eigenvalue weighted by molar-refractivity contribution is 0.831. The van der Waals surface area contributed by atoms with Crippen LogP contribution >= 0.6 is 0 Å². The lowest BCUT2D eigenvalue weighted by Gasteiger charge is -2.16. The van der Waals surface area contributed by atoms with E-state index < -0.39 is 0 Å². The number of nitrogen functional groups attached to an aromatic ring is 1. The SMILES string of the molecule is CCc1cnccc1-c1nc(C)c(C(C)C)c(NN)n1. The van der Waals surface area contributed by atoms with Crippen LogP contribution in [0.5, 0.6) is 0 Å². The molecule has 2 rings (SSSR count). The molecule has 2 aromatic rings. The number of nitrogens with one attached hydrogen (secondary N) is 1. The molecule has 0 aliphatic carbocycles. The highest BCUT2D eigenvalue weighted by molar-refractivity contribution is 5.63. The Hall–Kier alpha value is -2.01. The van der Waals surface area contributed by atoms with E-state index >= 15 is 0 Å². The van der Waals surface area contributed by atoms with Crippen LogP contribution in [-0.2, 0) is 6.42 Å². The maximum Gasteiger partial charge on any atom is 0.162 e. The van der Waals surface area contributed by atoms with Gasteiger partial charge >= 0.3 is 0 Å². The number of hydrogen-bond donors (Lipinski definition) is 2. The minimum absolute atomic E-state index is 0.318. The van der Waals surface area contributed by atoms with Crippen molar-refractivity contribution >= 4 is 5.82 Å². The standard InChI is InChI=1S/C15H21N5/c1-5-11-8-17-7-6-12(11)14-18-10(4)13(9(2)3)15(19-14)20-16/h6-9H,5,16H2,1-4H3,(H,18,19,20). The van der Waals surface area contributed by atoms with Gasteiger partial charge in [-0.3, -0.25) is 4.98 Å². The molecule has 5 nitrogen and oxygen atoms in total. The molecule has 0 amide bonds. The maximum absolute atomic E-state index is 5.62. The second-order valence-electron chi connectivity index (χ2n) is 5.08. The van der Waals surface area contributed by atoms with E-state index in [9.17, 15) is 0 Å². The van der Waals surface area contributed by atoms with Crippen LogP contribution in [0.4, 0.5) is 5.82 Å². The summed E-state index contributed by atoms with van der Waals surface area (Å²) in [5, 5.41) is 0. The highest BCUT2D eigenvalue weighted by Crippen LogP contribution is 2.28. The van der Waals surface area contributed by atoms with E-state index in [1.54, 1.807) is 6.20 Å². The second kappa shape index (κ2) is 5.96. The first-order valence-electron chi connectivity index (χ1n) is 6.86. The van der Waals surface area contributed by atoms with Gasteiger partial charge in [-0.2, -0.15) is 0 Å². The van der Waals surface area contributed by atoms with Crippen molar-refractivity contribution in [2.75, 3.05) is 5.43 Å². The summed E-state index contributed by atoms with van der Waals surface area (Å²) in [5.74, 6) is 7.33. The van der Waals surface area contributed by atoms with E-state index in [-0.39, 0.29) is 0 Å². The quantitative estimate of drug-likeness (QED) is 0.660. The number of pyridine rings is 1. The van der Waals surface area contributed by atoms with E-state index in [4.69, 9.17) is 5.84 Å². The predicted octanol–water partition coefficient (Wildman–Crippen LogP) is 2.82. The van der Waals surface area contributed by atoms with Crippen LogP contribution in [0, 0.1) is 6.92 Å². The van der Waals surface area contributed by atoms with Crippen molar-refractivity contribution in [1.29, 1.82) is 0 Å². The van der Waals surface area contributed by atoms with E-state index in [2.05, 4.69) is 41.1 Å². The van der Waals surface area contributed by atoms with Crippen LogP contribution in [0.25, 0.3) is 11.4 Å². The van der Waals surface area contributed by atoms with Gasteiger partial charge in [0.05, 0.1) is 0 Å². The molecule has 3 N–H and O–H groups in total. The molecule has 20 heavy (non-hydrogen) atoms. The van der Waals surface area contributed by atoms with E-state index in [1.807, 2.05) is 19.2 Å². The number of rotatable bonds is 4. The van der Waals surface area contributed by atoms with Crippen LogP contribution < -0.4 is 11.3 Å². The second-order valence-corrected chi connectivity index (χ2v) is 5.08. The summed E-state index contributed by atoms with van der Waals surface area (Å²) in [6.07, 6.45) is 4.52. The van der Waals surface area contributed by atoms with E-state index in [0.29, 0.717) is 17.6 Å². The zero-order valence-corrected chi connectivity index (χ0v) is 12.4. The van der Waals surface area contributed by atoms with Crippen molar-refractivity contribution in [2.24, 2.45) is 5.84 Å². The zero-order valence-electron chi connectivity index (χ0n) is 12.4. The first-order valence-corrected chi connectivity index (χ1v) is 6.86. The molecule has 0 saturated carbocycles. The molecule has 0 aliphatic rings. The topological polar surface area (TPSA) is 76.7 Å². The van der Waals surface area contributed by atoms with Crippen LogP contribution in [0.2, 0.25) is 0 Å². The normalized spacial score (nSPS) is 10.9. The van der Waals surface area contributed by atoms with Crippen LogP contribution in [0.1, 0.15) is 43.5 Å². The predicted molar refractivity (Wildman–Crippen MR) is 81.3 cm³/mol. The third kappa shape index (κ3) is 2.63. The highest BCUT2D eigenvalue weighted by atomic mass is 15.3. The molecular formula is C15H21N5. The van der Waals surface area contributed by atoms with Crippen molar-refractivity contribution in [3.63, 3.8) is 0 Å². The summed E-state index contributed by atoms with van der Waals surface area (Å²) < 4.78 is 0. The monoisotopic (exact) mass is 271 g/mol. The van der Waals surface area contributed by atoms with E-state index in [1.165, 1.54) is 0 Å². The smallest absolute Gasteiger partial charge is 0.162 e. The Morgan fingerprint density at radius 3 is 2.65 bits per heavy atom. The van der Waals surface area contributed by atoms with Gasteiger partial charge in [0.2, 0.25) is 0 Å². The average molecular weight is 271 g/mol. The zero-order chi connectivity index (χ0) is 14.7. The molecule has 0 saturated heterocycles. The molecule has 0 unspecified atom stereocenters. The summed E-state index contributed by atoms with van der Waals surface area (Å²) >= 11 is 0. The molecule has 2 aromatic heterocycles. The summed E-state index contributed by atoms with van der Waals surface area (Å²) in [5.41, 5.74) is 6.86. The lowest BCUT2D eigenvalue weighted by Crippen LogP contribution is -2.15.